The van der Waals surface area contributed by atoms with Crippen molar-refractivity contribution in [1.82, 2.24) is 24.7 Å². The van der Waals surface area contributed by atoms with Crippen molar-refractivity contribution >= 4 is 11.5 Å². The van der Waals surface area contributed by atoms with Gasteiger partial charge in [-0.1, -0.05) is 0 Å². The van der Waals surface area contributed by atoms with Gasteiger partial charge in [0.25, 0.3) is 0 Å². The standard InChI is InChI=1S/C15H24N6O/c1-11-9-20(10-12(2)22-11)8-4-7-16-14-5-6-15-17-13(3)18-21(15)19-14/h5-6,11-12H,4,7-10H2,1-3H3,(H,16,19)/t11-,12+. The molecule has 1 saturated heterocycles. The Morgan fingerprint density at radius 2 is 2.00 bits per heavy atom. The van der Waals surface area contributed by atoms with Gasteiger partial charge in [0.2, 0.25) is 0 Å². The topological polar surface area (TPSA) is 67.6 Å². The largest absolute Gasteiger partial charge is 0.373 e. The van der Waals surface area contributed by atoms with Crippen LogP contribution in [0.1, 0.15) is 26.1 Å². The molecule has 0 spiro atoms. The summed E-state index contributed by atoms with van der Waals surface area (Å²) in [7, 11) is 0. The van der Waals surface area contributed by atoms with Crippen molar-refractivity contribution < 1.29 is 4.74 Å². The second-order valence-electron chi connectivity index (χ2n) is 6.02. The summed E-state index contributed by atoms with van der Waals surface area (Å²) in [5.41, 5.74) is 0.777. The van der Waals surface area contributed by atoms with Crippen molar-refractivity contribution in [3.8, 4) is 0 Å². The highest BCUT2D eigenvalue weighted by Gasteiger charge is 2.21. The van der Waals surface area contributed by atoms with Crippen molar-refractivity contribution in [2.45, 2.75) is 39.4 Å². The molecule has 1 N–H and O–H groups in total. The van der Waals surface area contributed by atoms with Gasteiger partial charge in [0, 0.05) is 26.2 Å². The summed E-state index contributed by atoms with van der Waals surface area (Å²) in [4.78, 5) is 6.74. The molecular weight excluding hydrogens is 280 g/mol. The molecule has 1 fully saturated rings. The minimum atomic E-state index is 0.330. The lowest BCUT2D eigenvalue weighted by Gasteiger charge is -2.35. The van der Waals surface area contributed by atoms with Crippen LogP contribution in [-0.4, -0.2) is 63.1 Å². The van der Waals surface area contributed by atoms with E-state index in [1.165, 1.54) is 0 Å². The molecule has 1 aliphatic rings. The molecule has 2 aromatic rings. The molecule has 120 valence electrons. The Morgan fingerprint density at radius 3 is 2.77 bits per heavy atom. The molecule has 7 nitrogen and oxygen atoms in total. The number of hydrogen-bond acceptors (Lipinski definition) is 6. The van der Waals surface area contributed by atoms with Gasteiger partial charge in [-0.05, 0) is 39.3 Å². The van der Waals surface area contributed by atoms with Gasteiger partial charge in [-0.3, -0.25) is 4.90 Å². The third-order valence-corrected chi connectivity index (χ3v) is 3.77. The highest BCUT2D eigenvalue weighted by atomic mass is 16.5. The molecule has 3 rings (SSSR count). The van der Waals surface area contributed by atoms with Crippen LogP contribution in [0.2, 0.25) is 0 Å². The number of aromatic nitrogens is 4. The van der Waals surface area contributed by atoms with Gasteiger partial charge in [0.1, 0.15) is 11.6 Å². The van der Waals surface area contributed by atoms with Gasteiger partial charge in [-0.15, -0.1) is 14.8 Å². The van der Waals surface area contributed by atoms with E-state index in [0.717, 1.165) is 49.9 Å². The summed E-state index contributed by atoms with van der Waals surface area (Å²) in [5.74, 6) is 1.57. The van der Waals surface area contributed by atoms with Crippen LogP contribution in [0, 0.1) is 6.92 Å². The Balaban J connectivity index is 1.45. The smallest absolute Gasteiger partial charge is 0.176 e. The molecule has 7 heteroatoms. The molecular formula is C15H24N6O. The van der Waals surface area contributed by atoms with Gasteiger partial charge in [-0.2, -0.15) is 0 Å². The first-order valence-corrected chi connectivity index (χ1v) is 7.92. The number of morpholine rings is 1. The van der Waals surface area contributed by atoms with Crippen LogP contribution in [0.3, 0.4) is 0 Å². The van der Waals surface area contributed by atoms with Gasteiger partial charge in [0.15, 0.2) is 5.65 Å². The normalized spacial score (nSPS) is 23.0. The SMILES string of the molecule is Cc1nc2ccc(NCCCN3C[C@@H](C)O[C@@H](C)C3)nn2n1. The number of anilines is 1. The molecule has 0 radical (unpaired) electrons. The third-order valence-electron chi connectivity index (χ3n) is 3.77. The summed E-state index contributed by atoms with van der Waals surface area (Å²) in [6.45, 7) is 10.2. The van der Waals surface area contributed by atoms with Crippen molar-refractivity contribution in [2.24, 2.45) is 0 Å². The Labute approximate surface area is 130 Å². The second-order valence-corrected chi connectivity index (χ2v) is 6.02. The van der Waals surface area contributed by atoms with Crippen LogP contribution in [0.25, 0.3) is 5.65 Å². The zero-order valence-corrected chi connectivity index (χ0v) is 13.5. The molecule has 0 unspecified atom stereocenters. The Kier molecular flexibility index (Phi) is 4.54. The van der Waals surface area contributed by atoms with Crippen LogP contribution in [0.4, 0.5) is 5.82 Å². The van der Waals surface area contributed by atoms with Crippen molar-refractivity contribution in [1.29, 1.82) is 0 Å². The average Bonchev–Trinajstić information content (AvgIpc) is 2.82. The second kappa shape index (κ2) is 6.58. The summed E-state index contributed by atoms with van der Waals surface area (Å²) in [6.07, 6.45) is 1.74. The zero-order chi connectivity index (χ0) is 15.5. The van der Waals surface area contributed by atoms with E-state index in [0.29, 0.717) is 12.2 Å². The van der Waals surface area contributed by atoms with Crippen molar-refractivity contribution in [3.05, 3.63) is 18.0 Å². The molecule has 0 bridgehead atoms. The van der Waals surface area contributed by atoms with Gasteiger partial charge in [-0.25, -0.2) is 4.98 Å². The molecule has 0 saturated carbocycles. The van der Waals surface area contributed by atoms with E-state index >= 15 is 0 Å². The number of hydrogen-bond donors (Lipinski definition) is 1. The average molecular weight is 304 g/mol. The number of nitrogens with zero attached hydrogens (tertiary/aromatic N) is 5. The number of rotatable bonds is 5. The van der Waals surface area contributed by atoms with E-state index in [1.807, 2.05) is 19.1 Å². The maximum atomic E-state index is 5.75. The monoisotopic (exact) mass is 304 g/mol. The lowest BCUT2D eigenvalue weighted by molar-refractivity contribution is -0.0678. The van der Waals surface area contributed by atoms with E-state index in [9.17, 15) is 0 Å². The first-order chi connectivity index (χ1) is 10.6. The van der Waals surface area contributed by atoms with Gasteiger partial charge >= 0.3 is 0 Å². The molecule has 3 heterocycles. The number of aryl methyl sites for hydroxylation is 1. The van der Waals surface area contributed by atoms with E-state index in [4.69, 9.17) is 4.74 Å². The first-order valence-electron chi connectivity index (χ1n) is 7.92. The summed E-state index contributed by atoms with van der Waals surface area (Å²) in [5, 5.41) is 12.0. The van der Waals surface area contributed by atoms with E-state index < -0.39 is 0 Å². The molecule has 0 amide bonds. The lowest BCUT2D eigenvalue weighted by atomic mass is 10.2. The molecule has 1 aliphatic heterocycles. The maximum absolute atomic E-state index is 5.75. The van der Waals surface area contributed by atoms with Crippen molar-refractivity contribution in [3.63, 3.8) is 0 Å². The Bertz CT molecular complexity index is 618. The summed E-state index contributed by atoms with van der Waals surface area (Å²) >= 11 is 0. The molecule has 22 heavy (non-hydrogen) atoms. The fraction of sp³-hybridized carbons (Fsp3) is 0.667. The van der Waals surface area contributed by atoms with Crippen LogP contribution in [-0.2, 0) is 4.74 Å². The quantitative estimate of drug-likeness (QED) is 0.841. The summed E-state index contributed by atoms with van der Waals surface area (Å²) in [6, 6.07) is 3.88. The third kappa shape index (κ3) is 3.72. The lowest BCUT2D eigenvalue weighted by Crippen LogP contribution is -2.45. The molecule has 2 atom stereocenters. The van der Waals surface area contributed by atoms with Gasteiger partial charge in [0.05, 0.1) is 12.2 Å². The molecule has 0 aromatic carbocycles. The molecule has 0 aliphatic carbocycles. The Morgan fingerprint density at radius 1 is 1.23 bits per heavy atom. The first kappa shape index (κ1) is 15.2. The predicted molar refractivity (Wildman–Crippen MR) is 85.1 cm³/mol. The zero-order valence-electron chi connectivity index (χ0n) is 13.5. The fourth-order valence-electron chi connectivity index (χ4n) is 2.97. The highest BCUT2D eigenvalue weighted by Crippen LogP contribution is 2.11. The number of nitrogens with one attached hydrogen (secondary N) is 1. The van der Waals surface area contributed by atoms with Crippen LogP contribution < -0.4 is 5.32 Å². The minimum Gasteiger partial charge on any atom is -0.373 e. The fourth-order valence-corrected chi connectivity index (χ4v) is 2.97. The van der Waals surface area contributed by atoms with E-state index in [1.54, 1.807) is 4.63 Å². The number of fused-ring (bicyclic) bond motifs is 1. The van der Waals surface area contributed by atoms with Crippen LogP contribution >= 0.6 is 0 Å². The molecule has 2 aromatic heterocycles. The van der Waals surface area contributed by atoms with Crippen LogP contribution in [0.5, 0.6) is 0 Å². The van der Waals surface area contributed by atoms with Crippen molar-refractivity contribution in [2.75, 3.05) is 31.5 Å². The summed E-state index contributed by atoms with van der Waals surface area (Å²) < 4.78 is 7.32. The van der Waals surface area contributed by atoms with E-state index in [-0.39, 0.29) is 0 Å². The van der Waals surface area contributed by atoms with Crippen LogP contribution in [0.15, 0.2) is 12.1 Å². The van der Waals surface area contributed by atoms with E-state index in [2.05, 4.69) is 39.2 Å². The Hall–Kier alpha value is -1.73. The van der Waals surface area contributed by atoms with Gasteiger partial charge < -0.3 is 10.1 Å². The minimum absolute atomic E-state index is 0.330. The highest BCUT2D eigenvalue weighted by molar-refractivity contribution is 5.43. The maximum Gasteiger partial charge on any atom is 0.176 e. The predicted octanol–water partition coefficient (Wildman–Crippen LogP) is 1.34. The number of ether oxygens (including phenoxy) is 1.